The highest BCUT2D eigenvalue weighted by Crippen LogP contribution is 2.36. The minimum absolute atomic E-state index is 0.0327. The molecule has 3 aromatic rings. The zero-order valence-corrected chi connectivity index (χ0v) is 19.0. The van der Waals surface area contributed by atoms with Crippen molar-refractivity contribution >= 4 is 11.6 Å². The van der Waals surface area contributed by atoms with Gasteiger partial charge in [0, 0.05) is 32.4 Å². The van der Waals surface area contributed by atoms with Gasteiger partial charge in [0.2, 0.25) is 5.91 Å². The number of rotatable bonds is 5. The normalized spacial score (nSPS) is 20.2. The highest BCUT2D eigenvalue weighted by molar-refractivity contribution is 5.79. The van der Waals surface area contributed by atoms with Gasteiger partial charge >= 0.3 is 0 Å². The van der Waals surface area contributed by atoms with Gasteiger partial charge in [-0.2, -0.15) is 4.68 Å². The number of hydrogen-bond acceptors (Lipinski definition) is 8. The van der Waals surface area contributed by atoms with Gasteiger partial charge in [-0.25, -0.2) is 14.2 Å². The number of pyridine rings is 1. The van der Waals surface area contributed by atoms with Crippen LogP contribution in [0.3, 0.4) is 0 Å². The number of halogens is 1. The molecule has 2 aromatic heterocycles. The fraction of sp³-hybridized carbons (Fsp3) is 0.391. The molecule has 0 N–H and O–H groups in total. The molecular formula is C23H23FN8O3. The Morgan fingerprint density at radius 1 is 1.31 bits per heavy atom. The van der Waals surface area contributed by atoms with Crippen LogP contribution in [-0.4, -0.2) is 86.8 Å². The van der Waals surface area contributed by atoms with E-state index in [9.17, 15) is 9.18 Å². The minimum atomic E-state index is -0.615. The van der Waals surface area contributed by atoms with E-state index in [0.29, 0.717) is 44.2 Å². The van der Waals surface area contributed by atoms with E-state index in [-0.39, 0.29) is 35.9 Å². The Morgan fingerprint density at radius 3 is 2.91 bits per heavy atom. The number of piperazine rings is 1. The standard InChI is InChI=1S/C23H23FN8O3/c1-25-23-18(24)8-16(9-19(23)34-2)20-12-30-5-6-31(11-17(30)13-35-20)22(33)7-15-3-4-21(26-10-15)32-14-27-28-29-32/h3-4,8-10,14,17,20H,5-7,11-13H2,2H3/t17-,20-/m1/s1. The summed E-state index contributed by atoms with van der Waals surface area (Å²) in [6, 6.07) is 6.70. The lowest BCUT2D eigenvalue weighted by atomic mass is 10.0. The summed E-state index contributed by atoms with van der Waals surface area (Å²) in [7, 11) is 1.42. The number of morpholine rings is 1. The van der Waals surface area contributed by atoms with Gasteiger partial charge < -0.3 is 14.4 Å². The number of aromatic nitrogens is 5. The van der Waals surface area contributed by atoms with E-state index in [1.54, 1.807) is 18.3 Å². The number of benzene rings is 1. The van der Waals surface area contributed by atoms with Crippen molar-refractivity contribution in [2.45, 2.75) is 18.6 Å². The van der Waals surface area contributed by atoms with E-state index in [4.69, 9.17) is 16.0 Å². The van der Waals surface area contributed by atoms with Crippen molar-refractivity contribution in [1.82, 2.24) is 35.0 Å². The summed E-state index contributed by atoms with van der Waals surface area (Å²) in [6.45, 7) is 10.0. The molecule has 2 fully saturated rings. The van der Waals surface area contributed by atoms with E-state index in [1.165, 1.54) is 24.2 Å². The molecule has 0 unspecified atom stereocenters. The Morgan fingerprint density at radius 2 is 2.20 bits per heavy atom. The Bertz CT molecular complexity index is 1240. The second kappa shape index (κ2) is 9.73. The zero-order chi connectivity index (χ0) is 24.4. The predicted octanol–water partition coefficient (Wildman–Crippen LogP) is 1.58. The van der Waals surface area contributed by atoms with Crippen LogP contribution in [0.25, 0.3) is 10.7 Å². The summed E-state index contributed by atoms with van der Waals surface area (Å²) in [5.74, 6) is 0.202. The summed E-state index contributed by atoms with van der Waals surface area (Å²) in [6.07, 6.45) is 3.04. The van der Waals surface area contributed by atoms with Gasteiger partial charge in [0.05, 0.1) is 38.9 Å². The van der Waals surface area contributed by atoms with Gasteiger partial charge in [-0.3, -0.25) is 9.69 Å². The molecule has 5 rings (SSSR count). The average Bonchev–Trinajstić information content (AvgIpc) is 3.43. The van der Waals surface area contributed by atoms with E-state index < -0.39 is 5.82 Å². The number of nitrogens with zero attached hydrogens (tertiary/aromatic N) is 8. The fourth-order valence-electron chi connectivity index (χ4n) is 4.47. The first-order valence-electron chi connectivity index (χ1n) is 11.1. The third-order valence-electron chi connectivity index (χ3n) is 6.35. The maximum atomic E-state index is 14.4. The maximum Gasteiger partial charge on any atom is 0.262 e. The molecule has 180 valence electrons. The van der Waals surface area contributed by atoms with Crippen LogP contribution in [0.2, 0.25) is 0 Å². The van der Waals surface area contributed by atoms with Crippen LogP contribution in [0.1, 0.15) is 17.2 Å². The van der Waals surface area contributed by atoms with Crippen molar-refractivity contribution in [2.75, 3.05) is 39.9 Å². The van der Waals surface area contributed by atoms with E-state index in [1.807, 2.05) is 11.0 Å². The molecular weight excluding hydrogens is 455 g/mol. The monoisotopic (exact) mass is 478 g/mol. The second-order valence-electron chi connectivity index (χ2n) is 8.43. The number of methoxy groups -OCH3 is 1. The molecule has 0 bridgehead atoms. The van der Waals surface area contributed by atoms with Gasteiger partial charge in [-0.05, 0) is 39.8 Å². The largest absolute Gasteiger partial charge is 0.508 e. The van der Waals surface area contributed by atoms with Gasteiger partial charge in [-0.15, -0.1) is 5.10 Å². The van der Waals surface area contributed by atoms with Crippen LogP contribution in [0, 0.1) is 12.4 Å². The van der Waals surface area contributed by atoms with Gasteiger partial charge in [0.1, 0.15) is 17.9 Å². The quantitative estimate of drug-likeness (QED) is 0.510. The lowest BCUT2D eigenvalue weighted by molar-refractivity contribution is -0.139. The van der Waals surface area contributed by atoms with Crippen LogP contribution < -0.4 is 4.74 Å². The van der Waals surface area contributed by atoms with Crippen LogP contribution in [0.4, 0.5) is 10.1 Å². The van der Waals surface area contributed by atoms with Crippen LogP contribution in [0.15, 0.2) is 36.8 Å². The number of carbonyl (C=O) groups excluding carboxylic acids is 1. The van der Waals surface area contributed by atoms with E-state index in [0.717, 1.165) is 5.56 Å². The molecule has 1 amide bonds. The molecule has 0 saturated carbocycles. The number of ether oxygens (including phenoxy) is 2. The zero-order valence-electron chi connectivity index (χ0n) is 19.0. The smallest absolute Gasteiger partial charge is 0.262 e. The molecule has 0 spiro atoms. The van der Waals surface area contributed by atoms with Gasteiger partial charge in [0.15, 0.2) is 5.82 Å². The fourth-order valence-corrected chi connectivity index (χ4v) is 4.47. The van der Waals surface area contributed by atoms with Gasteiger partial charge in [0.25, 0.3) is 5.69 Å². The molecule has 11 nitrogen and oxygen atoms in total. The first kappa shape index (κ1) is 22.8. The Kier molecular flexibility index (Phi) is 6.35. The number of amides is 1. The molecule has 0 aliphatic carbocycles. The Balaban J connectivity index is 1.19. The SMILES string of the molecule is [C-]#[N+]c1c(F)cc([C@H]2CN3CCN(C(=O)Cc4ccc(-n5cnnn5)nc4)C[C@@H]3CO2)cc1OC. The summed E-state index contributed by atoms with van der Waals surface area (Å²) >= 11 is 0. The van der Waals surface area contributed by atoms with Crippen molar-refractivity contribution in [2.24, 2.45) is 0 Å². The predicted molar refractivity (Wildman–Crippen MR) is 121 cm³/mol. The van der Waals surface area contributed by atoms with Crippen molar-refractivity contribution < 1.29 is 18.7 Å². The first-order chi connectivity index (χ1) is 17.1. The minimum Gasteiger partial charge on any atom is -0.508 e. The van der Waals surface area contributed by atoms with Crippen LogP contribution in [-0.2, 0) is 16.0 Å². The van der Waals surface area contributed by atoms with E-state index in [2.05, 4.69) is 30.3 Å². The first-order valence-corrected chi connectivity index (χ1v) is 11.1. The summed E-state index contributed by atoms with van der Waals surface area (Å²) in [4.78, 5) is 24.6. The molecule has 2 aliphatic rings. The Hall–Kier alpha value is -3.95. The van der Waals surface area contributed by atoms with Crippen molar-refractivity contribution in [1.29, 1.82) is 0 Å². The molecule has 2 atom stereocenters. The number of carbonyl (C=O) groups is 1. The highest BCUT2D eigenvalue weighted by atomic mass is 19.1. The summed E-state index contributed by atoms with van der Waals surface area (Å²) < 4.78 is 27.1. The third kappa shape index (κ3) is 4.68. The highest BCUT2D eigenvalue weighted by Gasteiger charge is 2.36. The van der Waals surface area contributed by atoms with E-state index >= 15 is 0 Å². The van der Waals surface area contributed by atoms with Gasteiger partial charge in [-0.1, -0.05) is 6.07 Å². The average molecular weight is 478 g/mol. The maximum absolute atomic E-state index is 14.4. The molecule has 4 heterocycles. The number of fused-ring (bicyclic) bond motifs is 1. The van der Waals surface area contributed by atoms with Crippen molar-refractivity contribution in [3.8, 4) is 11.6 Å². The lowest BCUT2D eigenvalue weighted by Crippen LogP contribution is -2.59. The van der Waals surface area contributed by atoms with Crippen LogP contribution >= 0.6 is 0 Å². The van der Waals surface area contributed by atoms with Crippen molar-refractivity contribution in [3.63, 3.8) is 0 Å². The summed E-state index contributed by atoms with van der Waals surface area (Å²) in [5.41, 5.74) is 1.33. The lowest BCUT2D eigenvalue weighted by Gasteiger charge is -2.46. The number of hydrogen-bond donors (Lipinski definition) is 0. The molecule has 2 aliphatic heterocycles. The van der Waals surface area contributed by atoms with Crippen molar-refractivity contribution in [3.05, 3.63) is 65.2 Å². The molecule has 12 heteroatoms. The summed E-state index contributed by atoms with van der Waals surface area (Å²) in [5, 5.41) is 11.0. The molecule has 1 aromatic carbocycles. The second-order valence-corrected chi connectivity index (χ2v) is 8.43. The van der Waals surface area contributed by atoms with Crippen LogP contribution in [0.5, 0.6) is 5.75 Å². The molecule has 0 radical (unpaired) electrons. The molecule has 35 heavy (non-hydrogen) atoms. The molecule has 2 saturated heterocycles. The number of tetrazole rings is 1. The Labute approximate surface area is 200 Å². The topological polar surface area (TPSA) is 103 Å². The third-order valence-corrected chi connectivity index (χ3v) is 6.35.